The van der Waals surface area contributed by atoms with Crippen LogP contribution in [-0.4, -0.2) is 42.1 Å². The number of amides is 2. The first kappa shape index (κ1) is 17.6. The third-order valence-corrected chi connectivity index (χ3v) is 4.89. The van der Waals surface area contributed by atoms with Gasteiger partial charge in [0.15, 0.2) is 5.78 Å². The molecule has 1 N–H and O–H groups in total. The molecule has 25 heavy (non-hydrogen) atoms. The zero-order valence-corrected chi connectivity index (χ0v) is 14.5. The third kappa shape index (κ3) is 3.89. The molecule has 0 spiro atoms. The summed E-state index contributed by atoms with van der Waals surface area (Å²) in [6, 6.07) is 4.48. The van der Waals surface area contributed by atoms with Crippen LogP contribution >= 0.6 is 0 Å². The number of hydrogen-bond donors (Lipinski definition) is 1. The summed E-state index contributed by atoms with van der Waals surface area (Å²) in [7, 11) is 0. The van der Waals surface area contributed by atoms with Crippen molar-refractivity contribution in [2.24, 2.45) is 11.8 Å². The molecule has 2 fully saturated rings. The molecule has 0 aromatic heterocycles. The number of likely N-dealkylation sites (tertiary alicyclic amines) is 1. The average molecular weight is 346 g/mol. The van der Waals surface area contributed by atoms with Crippen LogP contribution in [0.2, 0.25) is 0 Å². The lowest BCUT2D eigenvalue weighted by atomic mass is 9.89. The zero-order valence-electron chi connectivity index (χ0n) is 14.5. The Hall–Kier alpha value is -2.24. The van der Waals surface area contributed by atoms with Crippen LogP contribution < -0.4 is 5.32 Å². The van der Waals surface area contributed by atoms with Crippen LogP contribution in [0.15, 0.2) is 18.2 Å². The van der Waals surface area contributed by atoms with Crippen molar-refractivity contribution in [2.75, 3.05) is 19.6 Å². The normalized spacial score (nSPS) is 17.4. The first-order valence-electron chi connectivity index (χ1n) is 8.76. The van der Waals surface area contributed by atoms with Gasteiger partial charge < -0.3 is 10.2 Å². The number of carbonyl (C=O) groups excluding carboxylic acids is 3. The van der Waals surface area contributed by atoms with Gasteiger partial charge >= 0.3 is 0 Å². The second kappa shape index (κ2) is 6.94. The predicted molar refractivity (Wildman–Crippen MR) is 90.6 cm³/mol. The Kier molecular flexibility index (Phi) is 4.88. The van der Waals surface area contributed by atoms with Gasteiger partial charge in [0.2, 0.25) is 5.91 Å². The second-order valence-corrected chi connectivity index (χ2v) is 7.26. The molecular formula is C19H23FN2O3. The molecule has 5 nitrogen and oxygen atoms in total. The van der Waals surface area contributed by atoms with Gasteiger partial charge in [-0.2, -0.15) is 0 Å². The average Bonchev–Trinajstić information content (AvgIpc) is 3.36. The largest absolute Gasteiger partial charge is 0.345 e. The maximum Gasteiger partial charge on any atom is 0.254 e. The number of nitrogens with one attached hydrogen (secondary N) is 1. The monoisotopic (exact) mass is 346 g/mol. The topological polar surface area (TPSA) is 66.5 Å². The fourth-order valence-electron chi connectivity index (χ4n) is 2.90. The van der Waals surface area contributed by atoms with Crippen molar-refractivity contribution >= 4 is 17.6 Å². The summed E-state index contributed by atoms with van der Waals surface area (Å²) in [6.07, 6.45) is 1.96. The lowest BCUT2D eigenvalue weighted by Gasteiger charge is -2.40. The van der Waals surface area contributed by atoms with Crippen LogP contribution in [0.1, 0.15) is 48.5 Å². The molecule has 0 radical (unpaired) electrons. The minimum atomic E-state index is -0.608. The second-order valence-electron chi connectivity index (χ2n) is 7.26. The minimum Gasteiger partial charge on any atom is -0.345 e. The molecule has 0 bridgehead atoms. The molecule has 1 aliphatic heterocycles. The standard InChI is InChI=1S/C19H23FN2O3/c1-11(2)17(23)8-21-18(24)15-7-13(5-6-16(15)20)14-9-22(10-14)19(25)12-3-4-12/h5-7,11-12,14H,3-4,8-10H2,1-2H3,(H,21,24). The Balaban J connectivity index is 1.61. The predicted octanol–water partition coefficient (Wildman–Crippen LogP) is 2.12. The van der Waals surface area contributed by atoms with Crippen LogP contribution in [0, 0.1) is 17.7 Å². The quantitative estimate of drug-likeness (QED) is 0.858. The highest BCUT2D eigenvalue weighted by atomic mass is 19.1. The number of hydrogen-bond acceptors (Lipinski definition) is 3. The molecule has 2 aliphatic rings. The number of carbonyl (C=O) groups is 3. The van der Waals surface area contributed by atoms with Gasteiger partial charge in [-0.25, -0.2) is 4.39 Å². The Morgan fingerprint density at radius 1 is 1.24 bits per heavy atom. The molecular weight excluding hydrogens is 323 g/mol. The molecule has 1 aromatic rings. The van der Waals surface area contributed by atoms with Crippen LogP contribution in [0.25, 0.3) is 0 Å². The van der Waals surface area contributed by atoms with E-state index in [2.05, 4.69) is 5.32 Å². The molecule has 6 heteroatoms. The fraction of sp³-hybridized carbons (Fsp3) is 0.526. The van der Waals surface area contributed by atoms with E-state index in [1.165, 1.54) is 12.1 Å². The Labute approximate surface area is 146 Å². The van der Waals surface area contributed by atoms with Crippen molar-refractivity contribution < 1.29 is 18.8 Å². The number of benzene rings is 1. The van der Waals surface area contributed by atoms with Crippen molar-refractivity contribution in [3.8, 4) is 0 Å². The summed E-state index contributed by atoms with van der Waals surface area (Å²) in [5.74, 6) is -0.925. The van der Waals surface area contributed by atoms with E-state index in [-0.39, 0.29) is 41.6 Å². The molecule has 1 aromatic carbocycles. The van der Waals surface area contributed by atoms with Gasteiger partial charge in [0.05, 0.1) is 12.1 Å². The van der Waals surface area contributed by atoms with Crippen molar-refractivity contribution in [2.45, 2.75) is 32.6 Å². The summed E-state index contributed by atoms with van der Waals surface area (Å²) in [5, 5.41) is 2.48. The molecule has 2 amide bonds. The molecule has 1 saturated heterocycles. The third-order valence-electron chi connectivity index (χ3n) is 4.89. The lowest BCUT2D eigenvalue weighted by Crippen LogP contribution is -2.49. The Bertz CT molecular complexity index is 707. The SMILES string of the molecule is CC(C)C(=O)CNC(=O)c1cc(C2CN(C(=O)C3CC3)C2)ccc1F. The fourth-order valence-corrected chi connectivity index (χ4v) is 2.90. The van der Waals surface area contributed by atoms with Crippen molar-refractivity contribution in [1.82, 2.24) is 10.2 Å². The molecule has 0 unspecified atom stereocenters. The summed E-state index contributed by atoms with van der Waals surface area (Å²) in [4.78, 5) is 37.6. The van der Waals surface area contributed by atoms with Gasteiger partial charge in [0.25, 0.3) is 5.91 Å². The molecule has 134 valence electrons. The molecule has 3 rings (SSSR count). The minimum absolute atomic E-state index is 0.0546. The van der Waals surface area contributed by atoms with Gasteiger partial charge in [0, 0.05) is 30.8 Å². The van der Waals surface area contributed by atoms with E-state index in [4.69, 9.17) is 0 Å². The molecule has 1 aliphatic carbocycles. The number of halogens is 1. The number of ketones is 1. The number of Topliss-reactive ketones (excluding diaryl/α,β-unsaturated/α-hetero) is 1. The van der Waals surface area contributed by atoms with Gasteiger partial charge in [-0.15, -0.1) is 0 Å². The summed E-state index contributed by atoms with van der Waals surface area (Å²) < 4.78 is 14.0. The van der Waals surface area contributed by atoms with Gasteiger partial charge in [-0.05, 0) is 30.5 Å². The Morgan fingerprint density at radius 3 is 2.52 bits per heavy atom. The Morgan fingerprint density at radius 2 is 1.92 bits per heavy atom. The van der Waals surface area contributed by atoms with E-state index in [9.17, 15) is 18.8 Å². The maximum absolute atomic E-state index is 14.0. The number of rotatable bonds is 6. The highest BCUT2D eigenvalue weighted by molar-refractivity contribution is 5.97. The number of nitrogens with zero attached hydrogens (tertiary/aromatic N) is 1. The highest BCUT2D eigenvalue weighted by Gasteiger charge is 2.39. The molecule has 1 heterocycles. The first-order valence-corrected chi connectivity index (χ1v) is 8.76. The van der Waals surface area contributed by atoms with E-state index in [1.54, 1.807) is 19.9 Å². The van der Waals surface area contributed by atoms with E-state index < -0.39 is 11.7 Å². The van der Waals surface area contributed by atoms with Gasteiger partial charge in [-0.3, -0.25) is 14.4 Å². The molecule has 0 atom stereocenters. The lowest BCUT2D eigenvalue weighted by molar-refractivity contribution is -0.137. The van der Waals surface area contributed by atoms with E-state index in [1.807, 2.05) is 4.90 Å². The van der Waals surface area contributed by atoms with Crippen LogP contribution in [0.5, 0.6) is 0 Å². The van der Waals surface area contributed by atoms with Crippen LogP contribution in [0.3, 0.4) is 0 Å². The van der Waals surface area contributed by atoms with E-state index >= 15 is 0 Å². The summed E-state index contributed by atoms with van der Waals surface area (Å²) in [6.45, 7) is 4.64. The van der Waals surface area contributed by atoms with E-state index in [0.717, 1.165) is 18.4 Å². The maximum atomic E-state index is 14.0. The highest BCUT2D eigenvalue weighted by Crippen LogP contribution is 2.36. The zero-order chi connectivity index (χ0) is 18.1. The van der Waals surface area contributed by atoms with Crippen molar-refractivity contribution in [1.29, 1.82) is 0 Å². The van der Waals surface area contributed by atoms with Gasteiger partial charge in [0.1, 0.15) is 5.82 Å². The smallest absolute Gasteiger partial charge is 0.254 e. The first-order chi connectivity index (χ1) is 11.9. The van der Waals surface area contributed by atoms with Crippen molar-refractivity contribution in [3.63, 3.8) is 0 Å². The summed E-state index contributed by atoms with van der Waals surface area (Å²) in [5.41, 5.74) is 0.794. The van der Waals surface area contributed by atoms with Crippen LogP contribution in [-0.2, 0) is 9.59 Å². The van der Waals surface area contributed by atoms with E-state index in [0.29, 0.717) is 13.1 Å². The van der Waals surface area contributed by atoms with Crippen LogP contribution in [0.4, 0.5) is 4.39 Å². The summed E-state index contributed by atoms with van der Waals surface area (Å²) >= 11 is 0. The molecule has 1 saturated carbocycles. The van der Waals surface area contributed by atoms with Gasteiger partial charge in [-0.1, -0.05) is 19.9 Å². The van der Waals surface area contributed by atoms with Crippen molar-refractivity contribution in [3.05, 3.63) is 35.1 Å².